The van der Waals surface area contributed by atoms with E-state index in [2.05, 4.69) is 21.8 Å². The van der Waals surface area contributed by atoms with Crippen LogP contribution in [0.3, 0.4) is 0 Å². The lowest BCUT2D eigenvalue weighted by molar-refractivity contribution is 0.179. The number of piperazine rings is 1. The van der Waals surface area contributed by atoms with Crippen molar-refractivity contribution in [3.8, 4) is 6.07 Å². The first-order chi connectivity index (χ1) is 11.5. The molecule has 0 aliphatic carbocycles. The molecule has 7 heteroatoms. The van der Waals surface area contributed by atoms with Crippen LogP contribution in [0.25, 0.3) is 0 Å². The standard InChI is InChI=1S/C17H17F2N5/c1-12-10-24(17-21-3-2-16(9-20)22-17)5-4-23(12)11-13-6-14(18)8-15(19)7-13/h2-3,6-8,12H,4-5,10-11H2,1H3. The lowest BCUT2D eigenvalue weighted by atomic mass is 10.1. The summed E-state index contributed by atoms with van der Waals surface area (Å²) in [5, 5.41) is 8.94. The summed E-state index contributed by atoms with van der Waals surface area (Å²) in [4.78, 5) is 12.6. The monoisotopic (exact) mass is 329 g/mol. The second-order valence-electron chi connectivity index (χ2n) is 5.90. The van der Waals surface area contributed by atoms with Gasteiger partial charge < -0.3 is 4.90 Å². The molecule has 3 rings (SSSR count). The van der Waals surface area contributed by atoms with Crippen LogP contribution in [-0.4, -0.2) is 40.5 Å². The summed E-state index contributed by atoms with van der Waals surface area (Å²) in [6.07, 6.45) is 1.58. The highest BCUT2D eigenvalue weighted by Gasteiger charge is 2.25. The maximum atomic E-state index is 13.3. The predicted octanol–water partition coefficient (Wildman–Crippen LogP) is 2.34. The van der Waals surface area contributed by atoms with E-state index in [1.165, 1.54) is 12.1 Å². The summed E-state index contributed by atoms with van der Waals surface area (Å²) in [6.45, 7) is 4.64. The molecule has 1 unspecified atom stereocenters. The molecule has 1 aliphatic heterocycles. The van der Waals surface area contributed by atoms with Crippen LogP contribution in [-0.2, 0) is 6.54 Å². The van der Waals surface area contributed by atoms with E-state index in [0.717, 1.165) is 12.6 Å². The zero-order chi connectivity index (χ0) is 17.1. The van der Waals surface area contributed by atoms with Crippen molar-refractivity contribution in [1.82, 2.24) is 14.9 Å². The molecule has 0 N–H and O–H groups in total. The maximum absolute atomic E-state index is 13.3. The van der Waals surface area contributed by atoms with Gasteiger partial charge >= 0.3 is 0 Å². The van der Waals surface area contributed by atoms with E-state index in [0.29, 0.717) is 36.8 Å². The summed E-state index contributed by atoms with van der Waals surface area (Å²) in [5.41, 5.74) is 0.959. The summed E-state index contributed by atoms with van der Waals surface area (Å²) in [7, 11) is 0. The van der Waals surface area contributed by atoms with Gasteiger partial charge in [0.25, 0.3) is 0 Å². The molecule has 2 aromatic rings. The lowest BCUT2D eigenvalue weighted by Gasteiger charge is -2.39. The molecule has 0 amide bonds. The van der Waals surface area contributed by atoms with Gasteiger partial charge in [-0.3, -0.25) is 4.90 Å². The fourth-order valence-corrected chi connectivity index (χ4v) is 2.91. The van der Waals surface area contributed by atoms with E-state index in [1.807, 2.05) is 11.0 Å². The zero-order valence-electron chi connectivity index (χ0n) is 13.3. The molecule has 1 aromatic carbocycles. The van der Waals surface area contributed by atoms with Gasteiger partial charge in [-0.2, -0.15) is 5.26 Å². The Morgan fingerprint density at radius 1 is 1.25 bits per heavy atom. The second kappa shape index (κ2) is 6.89. The smallest absolute Gasteiger partial charge is 0.226 e. The topological polar surface area (TPSA) is 56.1 Å². The number of hydrogen-bond acceptors (Lipinski definition) is 5. The van der Waals surface area contributed by atoms with Crippen molar-refractivity contribution < 1.29 is 8.78 Å². The van der Waals surface area contributed by atoms with Gasteiger partial charge in [0.05, 0.1) is 0 Å². The summed E-state index contributed by atoms with van der Waals surface area (Å²) in [5.74, 6) is -0.576. The molecule has 24 heavy (non-hydrogen) atoms. The molecule has 0 bridgehead atoms. The van der Waals surface area contributed by atoms with Crippen LogP contribution >= 0.6 is 0 Å². The quantitative estimate of drug-likeness (QED) is 0.865. The SMILES string of the molecule is CC1CN(c2nccc(C#N)n2)CCN1Cc1cc(F)cc(F)c1. The Labute approximate surface area is 139 Å². The normalized spacial score (nSPS) is 18.4. The minimum absolute atomic E-state index is 0.166. The van der Waals surface area contributed by atoms with Crippen LogP contribution in [0, 0.1) is 23.0 Å². The van der Waals surface area contributed by atoms with Crippen molar-refractivity contribution in [2.45, 2.75) is 19.5 Å². The van der Waals surface area contributed by atoms with Crippen LogP contribution < -0.4 is 4.90 Å². The van der Waals surface area contributed by atoms with E-state index in [9.17, 15) is 8.78 Å². The highest BCUT2D eigenvalue weighted by Crippen LogP contribution is 2.18. The van der Waals surface area contributed by atoms with Gasteiger partial charge in [0.2, 0.25) is 5.95 Å². The number of anilines is 1. The minimum Gasteiger partial charge on any atom is -0.338 e. The average Bonchev–Trinajstić information content (AvgIpc) is 2.56. The second-order valence-corrected chi connectivity index (χ2v) is 5.90. The molecular weight excluding hydrogens is 312 g/mol. The third kappa shape index (κ3) is 3.66. The highest BCUT2D eigenvalue weighted by atomic mass is 19.1. The van der Waals surface area contributed by atoms with Gasteiger partial charge in [-0.15, -0.1) is 0 Å². The van der Waals surface area contributed by atoms with E-state index < -0.39 is 11.6 Å². The fraction of sp³-hybridized carbons (Fsp3) is 0.353. The molecule has 5 nitrogen and oxygen atoms in total. The van der Waals surface area contributed by atoms with Gasteiger partial charge in [0.15, 0.2) is 0 Å². The number of nitrogens with zero attached hydrogens (tertiary/aromatic N) is 5. The van der Waals surface area contributed by atoms with Crippen molar-refractivity contribution in [2.24, 2.45) is 0 Å². The number of aromatic nitrogens is 2. The first-order valence-electron chi connectivity index (χ1n) is 7.72. The third-order valence-corrected chi connectivity index (χ3v) is 4.11. The molecule has 1 aromatic heterocycles. The van der Waals surface area contributed by atoms with Gasteiger partial charge in [0, 0.05) is 44.5 Å². The van der Waals surface area contributed by atoms with E-state index in [-0.39, 0.29) is 6.04 Å². The molecule has 1 atom stereocenters. The van der Waals surface area contributed by atoms with Crippen LogP contribution in [0.15, 0.2) is 30.5 Å². The average molecular weight is 329 g/mol. The number of benzene rings is 1. The lowest BCUT2D eigenvalue weighted by Crippen LogP contribution is -2.52. The predicted molar refractivity (Wildman–Crippen MR) is 85.2 cm³/mol. The molecule has 1 fully saturated rings. The number of rotatable bonds is 3. The van der Waals surface area contributed by atoms with E-state index in [1.54, 1.807) is 12.3 Å². The summed E-state index contributed by atoms with van der Waals surface area (Å²) >= 11 is 0. The molecule has 0 radical (unpaired) electrons. The molecule has 1 saturated heterocycles. The molecule has 2 heterocycles. The van der Waals surface area contributed by atoms with Crippen molar-refractivity contribution >= 4 is 5.95 Å². The van der Waals surface area contributed by atoms with Crippen molar-refractivity contribution in [3.05, 3.63) is 53.4 Å². The number of hydrogen-bond donors (Lipinski definition) is 0. The van der Waals surface area contributed by atoms with Gasteiger partial charge in [-0.05, 0) is 30.7 Å². The Kier molecular flexibility index (Phi) is 4.67. The van der Waals surface area contributed by atoms with Gasteiger partial charge in [0.1, 0.15) is 23.4 Å². The summed E-state index contributed by atoms with van der Waals surface area (Å²) in [6, 6.07) is 7.35. The van der Waals surface area contributed by atoms with Crippen LogP contribution in [0.4, 0.5) is 14.7 Å². The minimum atomic E-state index is -0.557. The largest absolute Gasteiger partial charge is 0.338 e. The number of nitriles is 1. The molecular formula is C17H17F2N5. The first kappa shape index (κ1) is 16.3. The van der Waals surface area contributed by atoms with Crippen molar-refractivity contribution in [1.29, 1.82) is 5.26 Å². The molecule has 1 aliphatic rings. The maximum Gasteiger partial charge on any atom is 0.226 e. The molecule has 0 spiro atoms. The van der Waals surface area contributed by atoms with Crippen LogP contribution in [0.2, 0.25) is 0 Å². The highest BCUT2D eigenvalue weighted by molar-refractivity contribution is 5.34. The summed E-state index contributed by atoms with van der Waals surface area (Å²) < 4.78 is 26.6. The van der Waals surface area contributed by atoms with Crippen LogP contribution in [0.5, 0.6) is 0 Å². The Balaban J connectivity index is 1.68. The zero-order valence-corrected chi connectivity index (χ0v) is 13.3. The van der Waals surface area contributed by atoms with E-state index in [4.69, 9.17) is 5.26 Å². The van der Waals surface area contributed by atoms with E-state index >= 15 is 0 Å². The Hall–Kier alpha value is -2.59. The first-order valence-corrected chi connectivity index (χ1v) is 7.72. The molecule has 124 valence electrons. The number of halogens is 2. The van der Waals surface area contributed by atoms with Gasteiger partial charge in [-0.25, -0.2) is 18.7 Å². The molecule has 0 saturated carbocycles. The Morgan fingerprint density at radius 2 is 2.00 bits per heavy atom. The third-order valence-electron chi connectivity index (χ3n) is 4.11. The van der Waals surface area contributed by atoms with Crippen molar-refractivity contribution in [2.75, 3.05) is 24.5 Å². The Morgan fingerprint density at radius 3 is 2.67 bits per heavy atom. The van der Waals surface area contributed by atoms with Gasteiger partial charge in [-0.1, -0.05) is 0 Å². The van der Waals surface area contributed by atoms with Crippen molar-refractivity contribution in [3.63, 3.8) is 0 Å². The van der Waals surface area contributed by atoms with Crippen LogP contribution in [0.1, 0.15) is 18.2 Å². The fourth-order valence-electron chi connectivity index (χ4n) is 2.91. The Bertz CT molecular complexity index is 754.